The summed E-state index contributed by atoms with van der Waals surface area (Å²) in [4.78, 5) is 9.42. The molecule has 0 saturated carbocycles. The summed E-state index contributed by atoms with van der Waals surface area (Å²) in [6.07, 6.45) is 3.46. The molecule has 0 aliphatic heterocycles. The molecule has 0 aliphatic carbocycles. The Morgan fingerprint density at radius 1 is 0.389 bits per heavy atom. The number of benzene rings is 8. The molecule has 2 N–H and O–H groups in total. The molecular weight excluding hydrogens is 661 g/mol. The summed E-state index contributed by atoms with van der Waals surface area (Å²) in [5.41, 5.74) is 11.4. The number of aromatic hydroxyl groups is 2. The van der Waals surface area contributed by atoms with Crippen LogP contribution in [-0.2, 0) is 0 Å². The van der Waals surface area contributed by atoms with Gasteiger partial charge in [-0.2, -0.15) is 0 Å². The van der Waals surface area contributed by atoms with Gasteiger partial charge in [-0.3, -0.25) is 9.98 Å². The molecule has 8 rings (SSSR count). The normalized spacial score (nSPS) is 11.1. The maximum Gasteiger partial charge on any atom is 0.127 e. The fourth-order valence-corrected chi connectivity index (χ4v) is 6.35. The number of fused-ring (bicyclic) bond motifs is 1. The number of aryl methyl sites for hydroxylation is 2. The quantitative estimate of drug-likeness (QED) is 0.163. The van der Waals surface area contributed by atoms with Gasteiger partial charge in [0.2, 0.25) is 0 Å². The third-order valence-corrected chi connectivity index (χ3v) is 9.34. The van der Waals surface area contributed by atoms with Crippen LogP contribution in [0.5, 0.6) is 11.5 Å². The van der Waals surface area contributed by atoms with Gasteiger partial charge in [-0.25, -0.2) is 0 Å². The summed E-state index contributed by atoms with van der Waals surface area (Å²) in [6, 6.07) is 61.1. The highest BCUT2D eigenvalue weighted by Gasteiger charge is 2.15. The van der Waals surface area contributed by atoms with E-state index >= 15 is 0 Å². The molecule has 8 aromatic rings. The highest BCUT2D eigenvalue weighted by Crippen LogP contribution is 2.43. The zero-order valence-electron chi connectivity index (χ0n) is 30.3. The molecular formula is C50H40N2O2. The molecule has 0 aromatic heterocycles. The summed E-state index contributed by atoms with van der Waals surface area (Å²) in [7, 11) is 0. The van der Waals surface area contributed by atoms with E-state index in [2.05, 4.69) is 83.9 Å². The van der Waals surface area contributed by atoms with Crippen molar-refractivity contribution in [3.05, 3.63) is 204 Å². The summed E-state index contributed by atoms with van der Waals surface area (Å²) in [5.74, 6) is 0.548. The van der Waals surface area contributed by atoms with Crippen molar-refractivity contribution in [1.29, 1.82) is 0 Å². The Morgan fingerprint density at radius 2 is 0.852 bits per heavy atom. The van der Waals surface area contributed by atoms with Crippen molar-refractivity contribution in [3.63, 3.8) is 0 Å². The van der Waals surface area contributed by atoms with E-state index in [1.165, 1.54) is 5.39 Å². The lowest BCUT2D eigenvalue weighted by molar-refractivity contribution is 0.470. The minimum Gasteiger partial charge on any atom is -0.507 e. The van der Waals surface area contributed by atoms with Crippen LogP contribution in [0.2, 0.25) is 0 Å². The van der Waals surface area contributed by atoms with Gasteiger partial charge in [0.05, 0.1) is 11.4 Å². The molecule has 0 unspecified atom stereocenters. The Morgan fingerprint density at radius 3 is 1.39 bits per heavy atom. The largest absolute Gasteiger partial charge is 0.507 e. The van der Waals surface area contributed by atoms with E-state index in [0.717, 1.165) is 66.8 Å². The van der Waals surface area contributed by atoms with Gasteiger partial charge in [0.25, 0.3) is 0 Å². The maximum atomic E-state index is 10.5. The second kappa shape index (κ2) is 16.5. The zero-order valence-corrected chi connectivity index (χ0v) is 30.3. The predicted molar refractivity (Wildman–Crippen MR) is 227 cm³/mol. The Kier molecular flexibility index (Phi) is 10.8. The first-order chi connectivity index (χ1) is 26.4. The van der Waals surface area contributed by atoms with Gasteiger partial charge >= 0.3 is 0 Å². The second-order valence-corrected chi connectivity index (χ2v) is 13.1. The summed E-state index contributed by atoms with van der Waals surface area (Å²) in [6.45, 7) is 3.77. The lowest BCUT2D eigenvalue weighted by Gasteiger charge is -2.16. The van der Waals surface area contributed by atoms with Crippen LogP contribution in [0.25, 0.3) is 44.2 Å². The third-order valence-electron chi connectivity index (χ3n) is 9.34. The molecule has 262 valence electrons. The van der Waals surface area contributed by atoms with Gasteiger partial charge < -0.3 is 10.2 Å². The molecule has 0 atom stereocenters. The monoisotopic (exact) mass is 700 g/mol. The van der Waals surface area contributed by atoms with E-state index in [4.69, 9.17) is 4.99 Å². The standard InChI is InChI=1S/C32H25NO.C18H15NO/c1-23-12-11-19-27(32(23)34)22-33-31-29(25-15-7-3-8-16-25)20-28(24-13-5-2-6-14-24)21-30(31)26-17-9-4-10-18-26;1-13-5-4-8-16(18(13)20)12-19-17-10-9-14-6-2-3-7-15(14)11-17/h2-22,34H,1H3;2-12,20H,1H3. The van der Waals surface area contributed by atoms with E-state index < -0.39 is 0 Å². The molecule has 0 saturated heterocycles. The zero-order chi connectivity index (χ0) is 37.3. The van der Waals surface area contributed by atoms with Crippen molar-refractivity contribution < 1.29 is 10.2 Å². The van der Waals surface area contributed by atoms with Crippen LogP contribution in [0, 0.1) is 13.8 Å². The van der Waals surface area contributed by atoms with E-state index in [9.17, 15) is 10.2 Å². The van der Waals surface area contributed by atoms with Gasteiger partial charge in [-0.05, 0) is 94.4 Å². The number of aliphatic imine (C=N–C) groups is 2. The summed E-state index contributed by atoms with van der Waals surface area (Å²) in [5, 5.41) is 22.9. The van der Waals surface area contributed by atoms with E-state index in [-0.39, 0.29) is 11.5 Å². The molecule has 0 amide bonds. The molecule has 54 heavy (non-hydrogen) atoms. The Labute approximate surface area is 316 Å². The lowest BCUT2D eigenvalue weighted by atomic mass is 9.91. The fraction of sp³-hybridized carbons (Fsp3) is 0.0400. The molecule has 0 fully saturated rings. The number of nitrogens with zero attached hydrogens (tertiary/aromatic N) is 2. The first-order valence-corrected chi connectivity index (χ1v) is 17.9. The lowest BCUT2D eigenvalue weighted by Crippen LogP contribution is -1.90. The van der Waals surface area contributed by atoms with E-state index in [1.54, 1.807) is 12.4 Å². The smallest absolute Gasteiger partial charge is 0.127 e. The molecule has 0 aliphatic rings. The average molecular weight is 701 g/mol. The van der Waals surface area contributed by atoms with Crippen LogP contribution in [0.3, 0.4) is 0 Å². The number of hydrogen-bond donors (Lipinski definition) is 2. The van der Waals surface area contributed by atoms with E-state index in [0.29, 0.717) is 5.56 Å². The topological polar surface area (TPSA) is 65.2 Å². The number of phenolic OH excluding ortho intramolecular Hbond substituents is 2. The number of para-hydroxylation sites is 2. The minimum atomic E-state index is 0.259. The third kappa shape index (κ3) is 8.20. The van der Waals surface area contributed by atoms with Crippen LogP contribution >= 0.6 is 0 Å². The molecule has 8 aromatic carbocycles. The number of hydrogen-bond acceptors (Lipinski definition) is 4. The Hall–Kier alpha value is -7.04. The number of rotatable bonds is 7. The predicted octanol–water partition coefficient (Wildman–Crippen LogP) is 13.1. The molecule has 0 spiro atoms. The maximum absolute atomic E-state index is 10.5. The van der Waals surface area contributed by atoms with Crippen molar-refractivity contribution in [2.75, 3.05) is 0 Å². The van der Waals surface area contributed by atoms with Crippen molar-refractivity contribution in [2.24, 2.45) is 9.98 Å². The highest BCUT2D eigenvalue weighted by molar-refractivity contribution is 5.97. The van der Waals surface area contributed by atoms with Gasteiger partial charge in [0.15, 0.2) is 0 Å². The van der Waals surface area contributed by atoms with Crippen LogP contribution in [0.4, 0.5) is 11.4 Å². The van der Waals surface area contributed by atoms with Crippen LogP contribution in [-0.4, -0.2) is 22.6 Å². The highest BCUT2D eigenvalue weighted by atomic mass is 16.3. The molecule has 4 heteroatoms. The van der Waals surface area contributed by atoms with Gasteiger partial charge in [0, 0.05) is 34.7 Å². The van der Waals surface area contributed by atoms with Crippen molar-refractivity contribution in [1.82, 2.24) is 0 Å². The summed E-state index contributed by atoms with van der Waals surface area (Å²) >= 11 is 0. The number of phenols is 2. The minimum absolute atomic E-state index is 0.259. The second-order valence-electron chi connectivity index (χ2n) is 13.1. The first kappa shape index (κ1) is 35.4. The fourth-order valence-electron chi connectivity index (χ4n) is 6.35. The van der Waals surface area contributed by atoms with Gasteiger partial charge in [-0.15, -0.1) is 0 Å². The summed E-state index contributed by atoms with van der Waals surface area (Å²) < 4.78 is 0. The first-order valence-electron chi connectivity index (χ1n) is 17.9. The molecule has 0 radical (unpaired) electrons. The van der Waals surface area contributed by atoms with Crippen molar-refractivity contribution in [2.45, 2.75) is 13.8 Å². The SMILES string of the molecule is Cc1cccc(C=Nc2c(-c3ccccc3)cc(-c3ccccc3)cc2-c2ccccc2)c1O.Cc1cccc(C=Nc2ccc3ccccc3c2)c1O. The Balaban J connectivity index is 0.000000191. The van der Waals surface area contributed by atoms with Crippen molar-refractivity contribution in [3.8, 4) is 44.9 Å². The molecule has 0 bridgehead atoms. The van der Waals surface area contributed by atoms with Crippen molar-refractivity contribution >= 4 is 34.6 Å². The van der Waals surface area contributed by atoms with E-state index in [1.807, 2.05) is 117 Å². The van der Waals surface area contributed by atoms with Gasteiger partial charge in [-0.1, -0.05) is 146 Å². The Bertz CT molecular complexity index is 2520. The van der Waals surface area contributed by atoms with Crippen LogP contribution < -0.4 is 0 Å². The molecule has 0 heterocycles. The van der Waals surface area contributed by atoms with Crippen LogP contribution in [0.1, 0.15) is 22.3 Å². The van der Waals surface area contributed by atoms with Gasteiger partial charge in [0.1, 0.15) is 11.5 Å². The molecule has 4 nitrogen and oxygen atoms in total. The average Bonchev–Trinajstić information content (AvgIpc) is 3.23. The van der Waals surface area contributed by atoms with Crippen LogP contribution in [0.15, 0.2) is 192 Å².